The molecule has 0 saturated carbocycles. The lowest BCUT2D eigenvalue weighted by atomic mass is 10.1. The number of rotatable bonds is 7. The van der Waals surface area contributed by atoms with E-state index >= 15 is 0 Å². The van der Waals surface area contributed by atoms with Crippen molar-refractivity contribution in [1.82, 2.24) is 29.9 Å². The van der Waals surface area contributed by atoms with E-state index in [1.54, 1.807) is 11.6 Å². The van der Waals surface area contributed by atoms with Crippen LogP contribution in [-0.2, 0) is 17.9 Å². The van der Waals surface area contributed by atoms with Crippen molar-refractivity contribution in [3.63, 3.8) is 0 Å². The number of hydrogen-bond acceptors (Lipinski definition) is 4. The summed E-state index contributed by atoms with van der Waals surface area (Å²) in [7, 11) is 0. The van der Waals surface area contributed by atoms with E-state index in [0.717, 1.165) is 5.69 Å². The molecule has 1 aromatic carbocycles. The number of halogens is 2. The first-order valence-corrected chi connectivity index (χ1v) is 10.3. The summed E-state index contributed by atoms with van der Waals surface area (Å²) < 4.78 is 30.9. The molecule has 4 aromatic rings. The summed E-state index contributed by atoms with van der Waals surface area (Å²) in [6.07, 6.45) is -0.839. The van der Waals surface area contributed by atoms with Crippen LogP contribution in [0.5, 0.6) is 0 Å². The highest BCUT2D eigenvalue weighted by atomic mass is 19.3. The van der Waals surface area contributed by atoms with Crippen LogP contribution in [0.2, 0.25) is 0 Å². The average molecular weight is 438 g/mol. The largest absolute Gasteiger partial charge is 0.350 e. The topological polar surface area (TPSA) is 77.6 Å². The first kappa shape index (κ1) is 21.6. The Balaban J connectivity index is 1.62. The number of benzene rings is 1. The van der Waals surface area contributed by atoms with Gasteiger partial charge in [-0.25, -0.2) is 18.4 Å². The Kier molecular flexibility index (Phi) is 5.98. The Hall–Kier alpha value is -3.62. The van der Waals surface area contributed by atoms with Gasteiger partial charge in [0.05, 0.1) is 29.0 Å². The lowest BCUT2D eigenvalue weighted by Crippen LogP contribution is -2.38. The van der Waals surface area contributed by atoms with Gasteiger partial charge in [-0.15, -0.1) is 0 Å². The molecular formula is C23H24F2N6O. The highest BCUT2D eigenvalue weighted by Crippen LogP contribution is 2.32. The summed E-state index contributed by atoms with van der Waals surface area (Å²) in [4.78, 5) is 17.3. The molecule has 1 unspecified atom stereocenters. The van der Waals surface area contributed by atoms with Gasteiger partial charge in [-0.3, -0.25) is 9.48 Å². The van der Waals surface area contributed by atoms with Gasteiger partial charge < -0.3 is 5.32 Å². The second-order valence-corrected chi connectivity index (χ2v) is 7.85. The van der Waals surface area contributed by atoms with E-state index in [2.05, 4.69) is 20.5 Å². The third kappa shape index (κ3) is 4.51. The molecule has 7 nitrogen and oxygen atoms in total. The van der Waals surface area contributed by atoms with E-state index < -0.39 is 6.43 Å². The number of alkyl halides is 2. The van der Waals surface area contributed by atoms with Crippen molar-refractivity contribution in [3.8, 4) is 11.3 Å². The van der Waals surface area contributed by atoms with Crippen molar-refractivity contribution in [2.45, 2.75) is 46.3 Å². The van der Waals surface area contributed by atoms with Gasteiger partial charge in [0.25, 0.3) is 6.43 Å². The third-order valence-electron chi connectivity index (χ3n) is 5.15. The van der Waals surface area contributed by atoms with E-state index in [1.807, 2.05) is 56.4 Å². The quantitative estimate of drug-likeness (QED) is 0.472. The minimum absolute atomic E-state index is 0.124. The normalized spacial score (nSPS) is 12.4. The van der Waals surface area contributed by atoms with Crippen molar-refractivity contribution >= 4 is 16.9 Å². The number of aryl methyl sites for hydroxylation is 2. The number of aromatic nitrogens is 5. The van der Waals surface area contributed by atoms with Gasteiger partial charge in [-0.1, -0.05) is 30.3 Å². The van der Waals surface area contributed by atoms with Crippen LogP contribution >= 0.6 is 0 Å². The van der Waals surface area contributed by atoms with Crippen molar-refractivity contribution in [1.29, 1.82) is 0 Å². The maximum absolute atomic E-state index is 13.9. The number of fused-ring (bicyclic) bond motifs is 1. The fraction of sp³-hybridized carbons (Fsp3) is 0.304. The van der Waals surface area contributed by atoms with Gasteiger partial charge in [-0.2, -0.15) is 10.2 Å². The maximum Gasteiger partial charge on any atom is 0.264 e. The van der Waals surface area contributed by atoms with Crippen LogP contribution in [0.1, 0.15) is 30.3 Å². The molecule has 9 heteroatoms. The molecule has 0 aliphatic heterocycles. The summed E-state index contributed by atoms with van der Waals surface area (Å²) in [5.74, 6) is -0.281. The van der Waals surface area contributed by atoms with Crippen molar-refractivity contribution in [2.75, 3.05) is 0 Å². The molecule has 0 bridgehead atoms. The van der Waals surface area contributed by atoms with Gasteiger partial charge in [-0.05, 0) is 32.9 Å². The maximum atomic E-state index is 13.9. The summed E-state index contributed by atoms with van der Waals surface area (Å²) >= 11 is 0. The molecule has 1 N–H and O–H groups in total. The third-order valence-corrected chi connectivity index (χ3v) is 5.15. The lowest BCUT2D eigenvalue weighted by molar-refractivity contribution is -0.122. The number of carbonyl (C=O) groups excluding carboxylic acids is 1. The minimum atomic E-state index is -2.69. The van der Waals surface area contributed by atoms with Crippen LogP contribution < -0.4 is 5.32 Å². The number of carbonyl (C=O) groups is 1. The number of nitrogens with one attached hydrogen (secondary N) is 1. The predicted molar refractivity (Wildman–Crippen MR) is 117 cm³/mol. The fourth-order valence-electron chi connectivity index (χ4n) is 3.77. The zero-order chi connectivity index (χ0) is 22.8. The predicted octanol–water partition coefficient (Wildman–Crippen LogP) is 4.05. The monoisotopic (exact) mass is 438 g/mol. The molecule has 1 atom stereocenters. The van der Waals surface area contributed by atoms with Crippen molar-refractivity contribution in [2.24, 2.45) is 0 Å². The second kappa shape index (κ2) is 8.86. The van der Waals surface area contributed by atoms with E-state index in [1.165, 1.54) is 10.7 Å². The molecule has 3 heterocycles. The Bertz CT molecular complexity index is 1250. The molecule has 32 heavy (non-hydrogen) atoms. The number of amides is 1. The van der Waals surface area contributed by atoms with Gasteiger partial charge in [0.1, 0.15) is 6.54 Å². The first-order valence-electron chi connectivity index (χ1n) is 10.3. The Morgan fingerprint density at radius 3 is 2.53 bits per heavy atom. The highest BCUT2D eigenvalue weighted by Gasteiger charge is 2.22. The number of hydrogen-bond donors (Lipinski definition) is 1. The van der Waals surface area contributed by atoms with Crippen LogP contribution in [0.3, 0.4) is 0 Å². The second-order valence-electron chi connectivity index (χ2n) is 7.85. The molecule has 0 aliphatic carbocycles. The molecule has 1 amide bonds. The van der Waals surface area contributed by atoms with E-state index in [0.29, 0.717) is 23.5 Å². The molecule has 166 valence electrons. The molecular weight excluding hydrogens is 414 g/mol. The Morgan fingerprint density at radius 1 is 1.12 bits per heavy atom. The molecule has 0 radical (unpaired) electrons. The molecule has 0 fully saturated rings. The molecule has 3 aromatic heterocycles. The van der Waals surface area contributed by atoms with Gasteiger partial charge in [0.2, 0.25) is 5.91 Å². The van der Waals surface area contributed by atoms with Crippen molar-refractivity contribution in [3.05, 3.63) is 65.6 Å². The zero-order valence-electron chi connectivity index (χ0n) is 18.1. The fourth-order valence-corrected chi connectivity index (χ4v) is 3.77. The number of nitrogens with zero attached hydrogens (tertiary/aromatic N) is 5. The molecule has 0 saturated heterocycles. The van der Waals surface area contributed by atoms with Crippen molar-refractivity contribution < 1.29 is 13.6 Å². The average Bonchev–Trinajstić information content (AvgIpc) is 3.30. The van der Waals surface area contributed by atoms with E-state index in [-0.39, 0.29) is 35.1 Å². The van der Waals surface area contributed by atoms with Crippen LogP contribution in [0.15, 0.2) is 48.7 Å². The van der Waals surface area contributed by atoms with Gasteiger partial charge in [0, 0.05) is 23.4 Å². The molecule has 0 aliphatic rings. The van der Waals surface area contributed by atoms with Gasteiger partial charge in [0.15, 0.2) is 5.65 Å². The smallest absolute Gasteiger partial charge is 0.264 e. The van der Waals surface area contributed by atoms with Crippen LogP contribution in [0, 0.1) is 13.8 Å². The molecule has 0 spiro atoms. The Morgan fingerprint density at radius 2 is 1.88 bits per heavy atom. The van der Waals surface area contributed by atoms with Crippen LogP contribution in [0.25, 0.3) is 22.3 Å². The first-order chi connectivity index (χ1) is 15.3. The standard InChI is InChI=1S/C23H24F2N6O/c1-14-9-10-30(28-14)12-15(2)26-20(32)13-31-23-21(16(3)29-31)18(22(24)25)11-19(27-23)17-7-5-4-6-8-17/h4-11,15,22H,12-13H2,1-3H3,(H,26,32). The highest BCUT2D eigenvalue weighted by molar-refractivity contribution is 5.87. The minimum Gasteiger partial charge on any atom is -0.350 e. The van der Waals surface area contributed by atoms with Gasteiger partial charge >= 0.3 is 0 Å². The summed E-state index contributed by atoms with van der Waals surface area (Å²) in [5.41, 5.74) is 2.57. The Labute approximate surface area is 184 Å². The number of pyridine rings is 1. The zero-order valence-corrected chi connectivity index (χ0v) is 18.1. The summed E-state index contributed by atoms with van der Waals surface area (Å²) in [6, 6.07) is 12.2. The van der Waals surface area contributed by atoms with Crippen LogP contribution in [-0.4, -0.2) is 36.5 Å². The SMILES string of the molecule is Cc1ccn(CC(C)NC(=O)Cn2nc(C)c3c(C(F)F)cc(-c4ccccc4)nc32)n1. The van der Waals surface area contributed by atoms with E-state index in [9.17, 15) is 13.6 Å². The lowest BCUT2D eigenvalue weighted by Gasteiger charge is -2.14. The summed E-state index contributed by atoms with van der Waals surface area (Å²) in [6.45, 7) is 5.82. The van der Waals surface area contributed by atoms with E-state index in [4.69, 9.17) is 0 Å². The molecule has 4 rings (SSSR count). The summed E-state index contributed by atoms with van der Waals surface area (Å²) in [5, 5.41) is 11.9. The van der Waals surface area contributed by atoms with Crippen LogP contribution in [0.4, 0.5) is 8.78 Å².